The van der Waals surface area contributed by atoms with Crippen LogP contribution < -0.4 is 14.8 Å². The Balaban J connectivity index is 1.31. The zero-order valence-corrected chi connectivity index (χ0v) is 18.8. The first-order chi connectivity index (χ1) is 16.2. The van der Waals surface area contributed by atoms with Gasteiger partial charge in [0.15, 0.2) is 11.5 Å². The second kappa shape index (κ2) is 10.5. The molecule has 1 heterocycles. The number of rotatable bonds is 9. The van der Waals surface area contributed by atoms with Gasteiger partial charge in [0.05, 0.1) is 31.1 Å². The third kappa shape index (κ3) is 5.60. The van der Waals surface area contributed by atoms with Crippen molar-refractivity contribution in [2.24, 2.45) is 0 Å². The van der Waals surface area contributed by atoms with Crippen LogP contribution in [0.5, 0.6) is 11.5 Å². The molecule has 6 heteroatoms. The maximum absolute atomic E-state index is 12.3. The molecule has 0 atom stereocenters. The van der Waals surface area contributed by atoms with E-state index in [4.69, 9.17) is 9.47 Å². The molecule has 1 aromatic heterocycles. The van der Waals surface area contributed by atoms with Crippen LogP contribution in [0.3, 0.4) is 0 Å². The van der Waals surface area contributed by atoms with E-state index in [9.17, 15) is 4.79 Å². The minimum atomic E-state index is -0.156. The molecule has 0 bridgehead atoms. The Kier molecular flexibility index (Phi) is 7.05. The van der Waals surface area contributed by atoms with E-state index < -0.39 is 0 Å². The third-order valence-electron chi connectivity index (χ3n) is 5.28. The molecule has 1 amide bonds. The summed E-state index contributed by atoms with van der Waals surface area (Å²) in [5, 5.41) is 2.92. The summed E-state index contributed by atoms with van der Waals surface area (Å²) >= 11 is 0. The topological polar surface area (TPSA) is 65.4 Å². The fraction of sp³-hybridized carbons (Fsp3) is 0.185. The van der Waals surface area contributed by atoms with Crippen molar-refractivity contribution in [1.29, 1.82) is 0 Å². The zero-order valence-electron chi connectivity index (χ0n) is 18.8. The number of amides is 1. The SMILES string of the molecule is CCOc1ccc(/C=C/C(=O)NCc2ccc(Cn3cnc4ccccc43)cc2)cc1OC. The number of hydrogen-bond donors (Lipinski definition) is 1. The number of aromatic nitrogens is 2. The highest BCUT2D eigenvalue weighted by atomic mass is 16.5. The van der Waals surface area contributed by atoms with E-state index in [0.29, 0.717) is 24.7 Å². The van der Waals surface area contributed by atoms with E-state index in [1.54, 1.807) is 13.2 Å². The van der Waals surface area contributed by atoms with Crippen LogP contribution in [-0.2, 0) is 17.9 Å². The highest BCUT2D eigenvalue weighted by Gasteiger charge is 2.05. The maximum atomic E-state index is 12.3. The van der Waals surface area contributed by atoms with Crippen LogP contribution >= 0.6 is 0 Å². The van der Waals surface area contributed by atoms with Gasteiger partial charge >= 0.3 is 0 Å². The van der Waals surface area contributed by atoms with Gasteiger partial charge in [0, 0.05) is 19.2 Å². The molecule has 33 heavy (non-hydrogen) atoms. The van der Waals surface area contributed by atoms with Crippen molar-refractivity contribution in [2.75, 3.05) is 13.7 Å². The monoisotopic (exact) mass is 441 g/mol. The molecule has 0 aliphatic rings. The lowest BCUT2D eigenvalue weighted by molar-refractivity contribution is -0.116. The fourth-order valence-corrected chi connectivity index (χ4v) is 3.58. The standard InChI is InChI=1S/C27H27N3O3/c1-3-33-25-14-12-20(16-26(25)32-2)13-15-27(31)28-17-21-8-10-22(11-9-21)18-30-19-29-23-6-4-5-7-24(23)30/h4-16,19H,3,17-18H2,1-2H3,(H,28,31)/b15-13+. The van der Waals surface area contributed by atoms with Crippen molar-refractivity contribution < 1.29 is 14.3 Å². The summed E-state index contributed by atoms with van der Waals surface area (Å²) in [4.78, 5) is 16.7. The molecule has 6 nitrogen and oxygen atoms in total. The molecule has 4 rings (SSSR count). The Hall–Kier alpha value is -4.06. The van der Waals surface area contributed by atoms with E-state index in [1.807, 2.05) is 61.8 Å². The minimum absolute atomic E-state index is 0.156. The van der Waals surface area contributed by atoms with Crippen LogP contribution in [0.2, 0.25) is 0 Å². The highest BCUT2D eigenvalue weighted by Crippen LogP contribution is 2.28. The molecule has 0 spiro atoms. The van der Waals surface area contributed by atoms with E-state index in [0.717, 1.165) is 28.7 Å². The second-order valence-corrected chi connectivity index (χ2v) is 7.57. The van der Waals surface area contributed by atoms with E-state index >= 15 is 0 Å². The normalized spacial score (nSPS) is 11.1. The van der Waals surface area contributed by atoms with Gasteiger partial charge in [-0.15, -0.1) is 0 Å². The van der Waals surface area contributed by atoms with Gasteiger partial charge in [-0.1, -0.05) is 42.5 Å². The van der Waals surface area contributed by atoms with Crippen molar-refractivity contribution in [1.82, 2.24) is 14.9 Å². The van der Waals surface area contributed by atoms with E-state index in [2.05, 4.69) is 33.1 Å². The summed E-state index contributed by atoms with van der Waals surface area (Å²) in [7, 11) is 1.60. The van der Waals surface area contributed by atoms with Gasteiger partial charge in [-0.3, -0.25) is 4.79 Å². The van der Waals surface area contributed by atoms with Gasteiger partial charge in [-0.05, 0) is 54.0 Å². The Morgan fingerprint density at radius 1 is 1.03 bits per heavy atom. The number of hydrogen-bond acceptors (Lipinski definition) is 4. The average molecular weight is 442 g/mol. The van der Waals surface area contributed by atoms with Crippen molar-refractivity contribution in [2.45, 2.75) is 20.0 Å². The third-order valence-corrected chi connectivity index (χ3v) is 5.28. The molecule has 0 aliphatic carbocycles. The quantitative estimate of drug-likeness (QED) is 0.378. The number of benzene rings is 3. The molecule has 0 saturated carbocycles. The van der Waals surface area contributed by atoms with Crippen LogP contribution in [0.4, 0.5) is 0 Å². The summed E-state index contributed by atoms with van der Waals surface area (Å²) in [6.07, 6.45) is 5.14. The molecule has 1 N–H and O–H groups in total. The van der Waals surface area contributed by atoms with Gasteiger partial charge in [0.1, 0.15) is 0 Å². The highest BCUT2D eigenvalue weighted by molar-refractivity contribution is 5.91. The first-order valence-electron chi connectivity index (χ1n) is 10.9. The molecule has 3 aromatic carbocycles. The predicted octanol–water partition coefficient (Wildman–Crippen LogP) is 4.82. The number of imidazole rings is 1. The van der Waals surface area contributed by atoms with Gasteiger partial charge < -0.3 is 19.4 Å². The van der Waals surface area contributed by atoms with Gasteiger partial charge in [-0.25, -0.2) is 4.98 Å². The Morgan fingerprint density at radius 3 is 2.61 bits per heavy atom. The number of para-hydroxylation sites is 2. The Labute approximate surface area is 193 Å². The summed E-state index contributed by atoms with van der Waals surface area (Å²) in [6, 6.07) is 21.9. The fourth-order valence-electron chi connectivity index (χ4n) is 3.58. The maximum Gasteiger partial charge on any atom is 0.244 e. The first kappa shape index (κ1) is 22.1. The number of carbonyl (C=O) groups is 1. The summed E-state index contributed by atoms with van der Waals surface area (Å²) in [6.45, 7) is 3.70. The minimum Gasteiger partial charge on any atom is -0.493 e. The summed E-state index contributed by atoms with van der Waals surface area (Å²) in [5.41, 5.74) is 5.19. The lowest BCUT2D eigenvalue weighted by Gasteiger charge is -2.09. The summed E-state index contributed by atoms with van der Waals surface area (Å²) in [5.74, 6) is 1.17. The summed E-state index contributed by atoms with van der Waals surface area (Å²) < 4.78 is 13.0. The smallest absolute Gasteiger partial charge is 0.244 e. The molecule has 0 unspecified atom stereocenters. The zero-order chi connectivity index (χ0) is 23.0. The van der Waals surface area contributed by atoms with Crippen LogP contribution in [0.15, 0.2) is 79.1 Å². The van der Waals surface area contributed by atoms with Crippen LogP contribution in [0.1, 0.15) is 23.6 Å². The Morgan fingerprint density at radius 2 is 1.82 bits per heavy atom. The number of methoxy groups -OCH3 is 1. The van der Waals surface area contributed by atoms with Gasteiger partial charge in [0.25, 0.3) is 0 Å². The van der Waals surface area contributed by atoms with Crippen molar-refractivity contribution in [3.8, 4) is 11.5 Å². The second-order valence-electron chi connectivity index (χ2n) is 7.57. The number of fused-ring (bicyclic) bond motifs is 1. The molecular weight excluding hydrogens is 414 g/mol. The van der Waals surface area contributed by atoms with E-state index in [1.165, 1.54) is 11.6 Å². The molecular formula is C27H27N3O3. The van der Waals surface area contributed by atoms with E-state index in [-0.39, 0.29) is 5.91 Å². The molecule has 0 saturated heterocycles. The number of carbonyl (C=O) groups excluding carboxylic acids is 1. The number of nitrogens with zero attached hydrogens (tertiary/aromatic N) is 2. The van der Waals surface area contributed by atoms with Gasteiger partial charge in [-0.2, -0.15) is 0 Å². The lowest BCUT2D eigenvalue weighted by atomic mass is 10.1. The van der Waals surface area contributed by atoms with Crippen molar-refractivity contribution >= 4 is 23.0 Å². The first-order valence-corrected chi connectivity index (χ1v) is 10.9. The molecule has 0 radical (unpaired) electrons. The van der Waals surface area contributed by atoms with Crippen molar-refractivity contribution in [3.63, 3.8) is 0 Å². The van der Waals surface area contributed by atoms with Crippen LogP contribution in [-0.4, -0.2) is 29.2 Å². The van der Waals surface area contributed by atoms with Crippen LogP contribution in [0, 0.1) is 0 Å². The molecule has 0 fully saturated rings. The number of nitrogens with one attached hydrogen (secondary N) is 1. The van der Waals surface area contributed by atoms with Crippen molar-refractivity contribution in [3.05, 3.63) is 95.8 Å². The molecule has 4 aromatic rings. The lowest BCUT2D eigenvalue weighted by Crippen LogP contribution is -2.20. The largest absolute Gasteiger partial charge is 0.493 e. The molecule has 168 valence electrons. The number of ether oxygens (including phenoxy) is 2. The van der Waals surface area contributed by atoms with Gasteiger partial charge in [0.2, 0.25) is 5.91 Å². The predicted molar refractivity (Wildman–Crippen MR) is 130 cm³/mol. The van der Waals surface area contributed by atoms with Crippen LogP contribution in [0.25, 0.3) is 17.1 Å². The average Bonchev–Trinajstić information content (AvgIpc) is 3.26. The molecule has 0 aliphatic heterocycles. The Bertz CT molecular complexity index is 1260.